The van der Waals surface area contributed by atoms with Crippen LogP contribution < -0.4 is 10.2 Å². The van der Waals surface area contributed by atoms with Crippen molar-refractivity contribution in [2.45, 2.75) is 13.3 Å². The van der Waals surface area contributed by atoms with E-state index in [0.717, 1.165) is 54.0 Å². The van der Waals surface area contributed by atoms with E-state index < -0.39 is 0 Å². The van der Waals surface area contributed by atoms with Crippen LogP contribution in [0, 0.1) is 6.92 Å². The molecule has 0 spiro atoms. The van der Waals surface area contributed by atoms with E-state index in [1.54, 1.807) is 11.3 Å². The van der Waals surface area contributed by atoms with Gasteiger partial charge in [-0.05, 0) is 24.9 Å². The first-order valence-corrected chi connectivity index (χ1v) is 8.93. The quantitative estimate of drug-likeness (QED) is 0.931. The van der Waals surface area contributed by atoms with E-state index in [2.05, 4.69) is 19.6 Å². The maximum atomic E-state index is 12.8. The zero-order chi connectivity index (χ0) is 15.5. The number of thiazole rings is 1. The van der Waals surface area contributed by atoms with Gasteiger partial charge in [0.1, 0.15) is 5.00 Å². The van der Waals surface area contributed by atoms with Crippen LogP contribution in [0.15, 0.2) is 11.6 Å². The minimum atomic E-state index is 0.0802. The molecule has 6 nitrogen and oxygen atoms in total. The highest BCUT2D eigenvalue weighted by atomic mass is 32.1. The van der Waals surface area contributed by atoms with Crippen LogP contribution in [0.3, 0.4) is 0 Å². The SMILES string of the molecule is CNc1snc(C)c1C(=O)N1CCCN(c2nccs2)CC1. The van der Waals surface area contributed by atoms with Crippen molar-refractivity contribution >= 4 is 38.9 Å². The van der Waals surface area contributed by atoms with E-state index in [0.29, 0.717) is 0 Å². The van der Waals surface area contributed by atoms with Gasteiger partial charge in [0.25, 0.3) is 5.91 Å². The van der Waals surface area contributed by atoms with Gasteiger partial charge in [-0.15, -0.1) is 11.3 Å². The fourth-order valence-corrected chi connectivity index (χ4v) is 4.07. The van der Waals surface area contributed by atoms with Crippen molar-refractivity contribution in [1.82, 2.24) is 14.3 Å². The number of aromatic nitrogens is 2. The molecule has 0 atom stereocenters. The minimum absolute atomic E-state index is 0.0802. The molecule has 0 aliphatic carbocycles. The first kappa shape index (κ1) is 15.2. The second kappa shape index (κ2) is 6.62. The van der Waals surface area contributed by atoms with Crippen molar-refractivity contribution in [3.05, 3.63) is 22.8 Å². The van der Waals surface area contributed by atoms with Crippen LogP contribution in [-0.4, -0.2) is 53.4 Å². The van der Waals surface area contributed by atoms with Crippen molar-refractivity contribution in [2.24, 2.45) is 0 Å². The summed E-state index contributed by atoms with van der Waals surface area (Å²) in [6.45, 7) is 5.15. The zero-order valence-corrected chi connectivity index (χ0v) is 14.3. The summed E-state index contributed by atoms with van der Waals surface area (Å²) in [5.74, 6) is 0.0802. The summed E-state index contributed by atoms with van der Waals surface area (Å²) >= 11 is 2.99. The molecule has 1 aliphatic heterocycles. The molecular formula is C14H19N5OS2. The summed E-state index contributed by atoms with van der Waals surface area (Å²) in [6, 6.07) is 0. The standard InChI is InChI=1S/C14H19N5OS2/c1-10-11(12(15-2)22-17-10)13(20)18-5-3-6-19(8-7-18)14-16-4-9-21-14/h4,9,15H,3,5-8H2,1-2H3. The lowest BCUT2D eigenvalue weighted by atomic mass is 10.2. The van der Waals surface area contributed by atoms with Gasteiger partial charge < -0.3 is 15.1 Å². The maximum Gasteiger partial charge on any atom is 0.258 e. The van der Waals surface area contributed by atoms with Crippen molar-refractivity contribution in [2.75, 3.05) is 43.4 Å². The Morgan fingerprint density at radius 3 is 2.91 bits per heavy atom. The number of carbonyl (C=O) groups is 1. The topological polar surface area (TPSA) is 61.4 Å². The van der Waals surface area contributed by atoms with Crippen molar-refractivity contribution in [3.8, 4) is 0 Å². The fraction of sp³-hybridized carbons (Fsp3) is 0.500. The van der Waals surface area contributed by atoms with Gasteiger partial charge in [-0.2, -0.15) is 4.37 Å². The lowest BCUT2D eigenvalue weighted by molar-refractivity contribution is 0.0767. The largest absolute Gasteiger partial charge is 0.378 e. The Labute approximate surface area is 137 Å². The number of nitrogens with one attached hydrogen (secondary N) is 1. The summed E-state index contributed by atoms with van der Waals surface area (Å²) < 4.78 is 4.30. The van der Waals surface area contributed by atoms with Gasteiger partial charge in [-0.3, -0.25) is 4.79 Å². The molecule has 1 N–H and O–H groups in total. The number of amides is 1. The molecule has 8 heteroatoms. The lowest BCUT2D eigenvalue weighted by Crippen LogP contribution is -2.35. The molecule has 3 heterocycles. The van der Waals surface area contributed by atoms with Gasteiger partial charge >= 0.3 is 0 Å². The molecule has 0 aromatic carbocycles. The van der Waals surface area contributed by atoms with Gasteiger partial charge in [-0.1, -0.05) is 0 Å². The molecule has 22 heavy (non-hydrogen) atoms. The van der Waals surface area contributed by atoms with E-state index in [9.17, 15) is 4.79 Å². The number of nitrogens with zero attached hydrogens (tertiary/aromatic N) is 4. The summed E-state index contributed by atoms with van der Waals surface area (Å²) in [6.07, 6.45) is 2.78. The summed E-state index contributed by atoms with van der Waals surface area (Å²) in [5.41, 5.74) is 1.52. The molecular weight excluding hydrogens is 318 g/mol. The van der Waals surface area contributed by atoms with Crippen LogP contribution in [0.5, 0.6) is 0 Å². The first-order chi connectivity index (χ1) is 10.7. The molecule has 2 aromatic rings. The predicted molar refractivity (Wildman–Crippen MR) is 91.2 cm³/mol. The van der Waals surface area contributed by atoms with Crippen LogP contribution in [0.2, 0.25) is 0 Å². The predicted octanol–water partition coefficient (Wildman–Crippen LogP) is 2.30. The molecule has 0 radical (unpaired) electrons. The van der Waals surface area contributed by atoms with Crippen LogP contribution in [-0.2, 0) is 0 Å². The van der Waals surface area contributed by atoms with E-state index in [4.69, 9.17) is 0 Å². The number of anilines is 2. The minimum Gasteiger partial charge on any atom is -0.378 e. The van der Waals surface area contributed by atoms with Gasteiger partial charge in [0.15, 0.2) is 5.13 Å². The number of carbonyl (C=O) groups excluding carboxylic acids is 1. The smallest absolute Gasteiger partial charge is 0.258 e. The molecule has 118 valence electrons. The third-order valence-electron chi connectivity index (χ3n) is 3.78. The Kier molecular flexibility index (Phi) is 4.58. The molecule has 1 aliphatic rings. The number of hydrogen-bond donors (Lipinski definition) is 1. The average Bonchev–Trinajstić information content (AvgIpc) is 3.11. The molecule has 0 bridgehead atoms. The van der Waals surface area contributed by atoms with E-state index in [1.807, 2.05) is 30.4 Å². The molecule has 1 amide bonds. The Bertz CT molecular complexity index is 640. The normalized spacial score (nSPS) is 15.7. The van der Waals surface area contributed by atoms with Gasteiger partial charge in [0, 0.05) is 44.8 Å². The number of aryl methyl sites for hydroxylation is 1. The fourth-order valence-electron chi connectivity index (χ4n) is 2.63. The third-order valence-corrected chi connectivity index (χ3v) is 5.56. The molecule has 1 saturated heterocycles. The van der Waals surface area contributed by atoms with Gasteiger partial charge in [-0.25, -0.2) is 4.98 Å². The Morgan fingerprint density at radius 1 is 1.32 bits per heavy atom. The molecule has 0 saturated carbocycles. The van der Waals surface area contributed by atoms with Crippen molar-refractivity contribution in [1.29, 1.82) is 0 Å². The van der Waals surface area contributed by atoms with Gasteiger partial charge in [0.05, 0.1) is 11.3 Å². The van der Waals surface area contributed by atoms with E-state index in [-0.39, 0.29) is 5.91 Å². The van der Waals surface area contributed by atoms with Crippen LogP contribution in [0.1, 0.15) is 22.5 Å². The van der Waals surface area contributed by atoms with E-state index >= 15 is 0 Å². The molecule has 1 fully saturated rings. The average molecular weight is 337 g/mol. The highest BCUT2D eigenvalue weighted by Gasteiger charge is 2.25. The Hall–Kier alpha value is -1.67. The van der Waals surface area contributed by atoms with Crippen LogP contribution in [0.25, 0.3) is 0 Å². The number of rotatable bonds is 3. The lowest BCUT2D eigenvalue weighted by Gasteiger charge is -2.22. The second-order valence-corrected chi connectivity index (χ2v) is 6.82. The molecule has 0 unspecified atom stereocenters. The first-order valence-electron chi connectivity index (χ1n) is 7.28. The monoisotopic (exact) mass is 337 g/mol. The third kappa shape index (κ3) is 2.93. The Morgan fingerprint density at radius 2 is 2.18 bits per heavy atom. The van der Waals surface area contributed by atoms with Crippen molar-refractivity contribution in [3.63, 3.8) is 0 Å². The van der Waals surface area contributed by atoms with Crippen LogP contribution in [0.4, 0.5) is 10.1 Å². The molecule has 2 aromatic heterocycles. The zero-order valence-electron chi connectivity index (χ0n) is 12.7. The second-order valence-electron chi connectivity index (χ2n) is 5.17. The summed E-state index contributed by atoms with van der Waals surface area (Å²) in [4.78, 5) is 21.4. The highest BCUT2D eigenvalue weighted by molar-refractivity contribution is 7.13. The van der Waals surface area contributed by atoms with Crippen LogP contribution >= 0.6 is 22.9 Å². The number of hydrogen-bond acceptors (Lipinski definition) is 7. The molecule has 3 rings (SSSR count). The summed E-state index contributed by atoms with van der Waals surface area (Å²) in [7, 11) is 1.83. The summed E-state index contributed by atoms with van der Waals surface area (Å²) in [5, 5.41) is 6.95. The van der Waals surface area contributed by atoms with E-state index in [1.165, 1.54) is 11.5 Å². The highest BCUT2D eigenvalue weighted by Crippen LogP contribution is 2.26. The van der Waals surface area contributed by atoms with Gasteiger partial charge in [0.2, 0.25) is 0 Å². The Balaban J connectivity index is 1.73. The maximum absolute atomic E-state index is 12.8. The van der Waals surface area contributed by atoms with Crippen molar-refractivity contribution < 1.29 is 4.79 Å².